The molecule has 8 heteroatoms. The van der Waals surface area contributed by atoms with E-state index in [1.165, 1.54) is 0 Å². The molecule has 31 heavy (non-hydrogen) atoms. The Labute approximate surface area is 180 Å². The number of carbonyl (C=O) groups excluding carboxylic acids is 2. The third-order valence-corrected chi connectivity index (χ3v) is 6.00. The molecule has 2 bridgehead atoms. The first-order valence-corrected chi connectivity index (χ1v) is 10.3. The lowest BCUT2D eigenvalue weighted by Crippen LogP contribution is -2.49. The minimum absolute atomic E-state index is 0.0821. The molecule has 2 amide bonds. The van der Waals surface area contributed by atoms with Gasteiger partial charge in [-0.05, 0) is 48.7 Å². The summed E-state index contributed by atoms with van der Waals surface area (Å²) in [4.78, 5) is 39.9. The van der Waals surface area contributed by atoms with Crippen molar-refractivity contribution in [2.75, 3.05) is 32.1 Å². The molecule has 2 aromatic rings. The summed E-state index contributed by atoms with van der Waals surface area (Å²) in [5.41, 5.74) is 1.75. The van der Waals surface area contributed by atoms with Crippen LogP contribution in [0.4, 0.5) is 5.69 Å². The number of nitrogens with one attached hydrogen (secondary N) is 1. The van der Waals surface area contributed by atoms with Gasteiger partial charge in [0.2, 0.25) is 5.91 Å². The Morgan fingerprint density at radius 1 is 1.16 bits per heavy atom. The lowest BCUT2D eigenvalue weighted by atomic mass is 9.83. The Morgan fingerprint density at radius 3 is 2.65 bits per heavy atom. The van der Waals surface area contributed by atoms with Gasteiger partial charge < -0.3 is 19.5 Å². The van der Waals surface area contributed by atoms with Crippen LogP contribution >= 0.6 is 0 Å². The van der Waals surface area contributed by atoms with E-state index in [0.717, 1.165) is 12.1 Å². The predicted molar refractivity (Wildman–Crippen MR) is 114 cm³/mol. The van der Waals surface area contributed by atoms with Gasteiger partial charge in [0.25, 0.3) is 11.5 Å². The molecule has 2 atom stereocenters. The molecule has 1 aromatic carbocycles. The first-order chi connectivity index (χ1) is 15.0. The number of nitrogens with zero attached hydrogens (tertiary/aromatic N) is 3. The summed E-state index contributed by atoms with van der Waals surface area (Å²) in [5.74, 6) is 0.00148. The van der Waals surface area contributed by atoms with Crippen LogP contribution in [-0.4, -0.2) is 48.1 Å². The standard InChI is InChI=1S/C23H24N4O4/c1-31-9-8-21(28)26-12-16-10-18(14-26)20-7-6-19(23(30)27(20)13-16)25-22(29)17-4-2-15(11-24)3-5-17/h2-7,16,18H,8-10,12-14H2,1H3,(H,25,29)/t16-,18-/m1/s1. The van der Waals surface area contributed by atoms with Crippen molar-refractivity contribution in [2.24, 2.45) is 5.92 Å². The topological polar surface area (TPSA) is 104 Å². The van der Waals surface area contributed by atoms with Gasteiger partial charge in [0.15, 0.2) is 0 Å². The number of fused-ring (bicyclic) bond motifs is 4. The number of methoxy groups -OCH3 is 1. The molecule has 8 nitrogen and oxygen atoms in total. The van der Waals surface area contributed by atoms with E-state index >= 15 is 0 Å². The maximum atomic E-state index is 13.1. The van der Waals surface area contributed by atoms with Crippen molar-refractivity contribution in [3.05, 3.63) is 63.6 Å². The maximum Gasteiger partial charge on any atom is 0.274 e. The number of amides is 2. The molecule has 0 unspecified atom stereocenters. The van der Waals surface area contributed by atoms with Gasteiger partial charge in [-0.2, -0.15) is 5.26 Å². The third-order valence-electron chi connectivity index (χ3n) is 6.00. The van der Waals surface area contributed by atoms with Crippen molar-refractivity contribution in [3.8, 4) is 6.07 Å². The Kier molecular flexibility index (Phi) is 5.87. The summed E-state index contributed by atoms with van der Waals surface area (Å²) in [5, 5.41) is 11.6. The van der Waals surface area contributed by atoms with Gasteiger partial charge >= 0.3 is 0 Å². The van der Waals surface area contributed by atoms with Gasteiger partial charge in [-0.25, -0.2) is 0 Å². The monoisotopic (exact) mass is 420 g/mol. The molecule has 4 rings (SSSR count). The first-order valence-electron chi connectivity index (χ1n) is 10.3. The highest BCUT2D eigenvalue weighted by Crippen LogP contribution is 2.35. The van der Waals surface area contributed by atoms with Crippen LogP contribution in [0.5, 0.6) is 0 Å². The normalized spacial score (nSPS) is 19.3. The summed E-state index contributed by atoms with van der Waals surface area (Å²) >= 11 is 0. The fourth-order valence-corrected chi connectivity index (χ4v) is 4.48. The Hall–Kier alpha value is -3.44. The largest absolute Gasteiger partial charge is 0.384 e. The number of aromatic nitrogens is 1. The van der Waals surface area contributed by atoms with E-state index in [0.29, 0.717) is 43.8 Å². The van der Waals surface area contributed by atoms with E-state index in [4.69, 9.17) is 10.00 Å². The predicted octanol–water partition coefficient (Wildman–Crippen LogP) is 1.95. The van der Waals surface area contributed by atoms with Gasteiger partial charge in [0.05, 0.1) is 24.7 Å². The molecule has 2 aliphatic rings. The number of rotatable bonds is 5. The van der Waals surface area contributed by atoms with Crippen molar-refractivity contribution in [1.82, 2.24) is 9.47 Å². The zero-order valence-electron chi connectivity index (χ0n) is 17.3. The van der Waals surface area contributed by atoms with Crippen LogP contribution < -0.4 is 10.9 Å². The Bertz CT molecular complexity index is 1100. The van der Waals surface area contributed by atoms with E-state index in [2.05, 4.69) is 5.32 Å². The average molecular weight is 420 g/mol. The molecule has 1 N–H and O–H groups in total. The summed E-state index contributed by atoms with van der Waals surface area (Å²) in [7, 11) is 1.58. The second kappa shape index (κ2) is 8.74. The number of likely N-dealkylation sites (tertiary alicyclic amines) is 1. The molecule has 0 radical (unpaired) electrons. The quantitative estimate of drug-likeness (QED) is 0.796. The fraction of sp³-hybridized carbons (Fsp3) is 0.391. The second-order valence-electron chi connectivity index (χ2n) is 8.07. The highest BCUT2D eigenvalue weighted by atomic mass is 16.5. The third kappa shape index (κ3) is 4.23. The van der Waals surface area contributed by atoms with Gasteiger partial charge in [0.1, 0.15) is 5.69 Å². The van der Waals surface area contributed by atoms with Gasteiger partial charge in [-0.1, -0.05) is 0 Å². The van der Waals surface area contributed by atoms with Crippen molar-refractivity contribution in [1.29, 1.82) is 5.26 Å². The van der Waals surface area contributed by atoms with Crippen LogP contribution in [0.25, 0.3) is 0 Å². The molecule has 0 spiro atoms. The van der Waals surface area contributed by atoms with Crippen LogP contribution in [0.15, 0.2) is 41.2 Å². The van der Waals surface area contributed by atoms with Crippen molar-refractivity contribution < 1.29 is 14.3 Å². The van der Waals surface area contributed by atoms with E-state index in [1.54, 1.807) is 42.0 Å². The minimum Gasteiger partial charge on any atom is -0.384 e. The smallest absolute Gasteiger partial charge is 0.274 e. The molecule has 160 valence electrons. The number of hydrogen-bond donors (Lipinski definition) is 1. The van der Waals surface area contributed by atoms with Crippen LogP contribution in [0.3, 0.4) is 0 Å². The lowest BCUT2D eigenvalue weighted by molar-refractivity contribution is -0.134. The van der Waals surface area contributed by atoms with E-state index < -0.39 is 5.91 Å². The number of benzene rings is 1. The average Bonchev–Trinajstić information content (AvgIpc) is 2.79. The maximum absolute atomic E-state index is 13.1. The molecule has 3 heterocycles. The zero-order valence-corrected chi connectivity index (χ0v) is 17.3. The molecular weight excluding hydrogens is 396 g/mol. The zero-order chi connectivity index (χ0) is 22.0. The highest BCUT2D eigenvalue weighted by Gasteiger charge is 2.36. The number of piperidine rings is 1. The molecule has 1 saturated heterocycles. The van der Waals surface area contributed by atoms with Gasteiger partial charge in [-0.15, -0.1) is 0 Å². The van der Waals surface area contributed by atoms with Crippen molar-refractivity contribution in [3.63, 3.8) is 0 Å². The highest BCUT2D eigenvalue weighted by molar-refractivity contribution is 6.04. The van der Waals surface area contributed by atoms with Crippen LogP contribution in [-0.2, 0) is 16.1 Å². The van der Waals surface area contributed by atoms with Crippen molar-refractivity contribution in [2.45, 2.75) is 25.3 Å². The van der Waals surface area contributed by atoms with Crippen LogP contribution in [0.2, 0.25) is 0 Å². The summed E-state index contributed by atoms with van der Waals surface area (Å²) in [6.45, 7) is 2.16. The SMILES string of the molecule is COCCC(=O)N1C[C@H]2C[C@H](C1)c1ccc(NC(=O)c3ccc(C#N)cc3)c(=O)n1C2. The molecule has 1 fully saturated rings. The number of hydrogen-bond acceptors (Lipinski definition) is 5. The van der Waals surface area contributed by atoms with E-state index in [-0.39, 0.29) is 29.0 Å². The van der Waals surface area contributed by atoms with Crippen LogP contribution in [0.1, 0.15) is 40.4 Å². The second-order valence-corrected chi connectivity index (χ2v) is 8.07. The molecule has 0 saturated carbocycles. The summed E-state index contributed by atoms with van der Waals surface area (Å²) in [6, 6.07) is 11.8. The van der Waals surface area contributed by atoms with Crippen LogP contribution in [0, 0.1) is 17.2 Å². The number of carbonyl (C=O) groups is 2. The first kappa shape index (κ1) is 20.8. The fourth-order valence-electron chi connectivity index (χ4n) is 4.48. The number of ether oxygens (including phenoxy) is 1. The number of nitriles is 1. The van der Waals surface area contributed by atoms with Crippen molar-refractivity contribution >= 4 is 17.5 Å². The summed E-state index contributed by atoms with van der Waals surface area (Å²) < 4.78 is 6.76. The molecule has 0 aliphatic carbocycles. The number of anilines is 1. The Morgan fingerprint density at radius 2 is 1.94 bits per heavy atom. The Balaban J connectivity index is 1.52. The van der Waals surface area contributed by atoms with Gasteiger partial charge in [-0.3, -0.25) is 14.4 Å². The molecule has 1 aromatic heterocycles. The molecule has 2 aliphatic heterocycles. The van der Waals surface area contributed by atoms with Gasteiger partial charge in [0, 0.05) is 43.9 Å². The lowest BCUT2D eigenvalue weighted by Gasteiger charge is -2.43. The molecular formula is C23H24N4O4. The van der Waals surface area contributed by atoms with E-state index in [9.17, 15) is 14.4 Å². The summed E-state index contributed by atoms with van der Waals surface area (Å²) in [6.07, 6.45) is 1.31. The minimum atomic E-state index is -0.395. The van der Waals surface area contributed by atoms with E-state index in [1.807, 2.05) is 17.0 Å². The number of pyridine rings is 1.